The minimum Gasteiger partial charge on any atom is -0.507 e. The first-order chi connectivity index (χ1) is 12.6. The van der Waals surface area contributed by atoms with Gasteiger partial charge in [-0.15, -0.1) is 11.3 Å². The summed E-state index contributed by atoms with van der Waals surface area (Å²) in [4.78, 5) is 28.1. The van der Waals surface area contributed by atoms with Gasteiger partial charge >= 0.3 is 0 Å². The smallest absolute Gasteiger partial charge is 0.295 e. The van der Waals surface area contributed by atoms with E-state index in [1.807, 2.05) is 17.5 Å². The maximum absolute atomic E-state index is 13.2. The van der Waals surface area contributed by atoms with Crippen molar-refractivity contribution < 1.29 is 19.1 Å². The topological polar surface area (TPSA) is 57.6 Å². The summed E-state index contributed by atoms with van der Waals surface area (Å²) in [6.45, 7) is 0. The molecular formula is C20H18FNO3S. The van der Waals surface area contributed by atoms with Crippen LogP contribution in [0.5, 0.6) is 0 Å². The normalized spacial score (nSPS) is 23.1. The SMILES string of the molecule is O=C1C(=O)N(C2CCCC2)C(c2cccs2)/C1=C(/O)c1ccc(F)cc1. The summed E-state index contributed by atoms with van der Waals surface area (Å²) >= 11 is 1.45. The zero-order valence-electron chi connectivity index (χ0n) is 14.0. The Morgan fingerprint density at radius 1 is 1.12 bits per heavy atom. The summed E-state index contributed by atoms with van der Waals surface area (Å²) < 4.78 is 13.2. The lowest BCUT2D eigenvalue weighted by molar-refractivity contribution is -0.141. The molecule has 4 nitrogen and oxygen atoms in total. The predicted octanol–water partition coefficient (Wildman–Crippen LogP) is 4.25. The Hall–Kier alpha value is -2.47. The van der Waals surface area contributed by atoms with Crippen molar-refractivity contribution in [3.63, 3.8) is 0 Å². The minimum atomic E-state index is -0.669. The van der Waals surface area contributed by atoms with E-state index in [1.165, 1.54) is 35.6 Å². The molecular weight excluding hydrogens is 353 g/mol. The summed E-state index contributed by atoms with van der Waals surface area (Å²) in [5.41, 5.74) is 0.424. The second kappa shape index (κ2) is 6.68. The summed E-state index contributed by atoms with van der Waals surface area (Å²) in [5.74, 6) is -1.90. The van der Waals surface area contributed by atoms with Crippen LogP contribution >= 0.6 is 11.3 Å². The Bertz CT molecular complexity index is 867. The number of rotatable bonds is 3. The van der Waals surface area contributed by atoms with Gasteiger partial charge in [0.1, 0.15) is 11.6 Å². The molecule has 134 valence electrons. The van der Waals surface area contributed by atoms with Crippen molar-refractivity contribution in [3.05, 3.63) is 63.6 Å². The molecule has 2 aromatic rings. The first-order valence-electron chi connectivity index (χ1n) is 8.67. The highest BCUT2D eigenvalue weighted by atomic mass is 32.1. The molecule has 2 heterocycles. The number of amides is 1. The van der Waals surface area contributed by atoms with E-state index in [2.05, 4.69) is 0 Å². The van der Waals surface area contributed by atoms with Crippen molar-refractivity contribution in [2.75, 3.05) is 0 Å². The summed E-state index contributed by atoms with van der Waals surface area (Å²) in [6.07, 6.45) is 3.79. The fourth-order valence-corrected chi connectivity index (χ4v) is 4.73. The van der Waals surface area contributed by atoms with Gasteiger partial charge in [-0.25, -0.2) is 4.39 Å². The van der Waals surface area contributed by atoms with Gasteiger partial charge in [0.15, 0.2) is 0 Å². The van der Waals surface area contributed by atoms with E-state index in [1.54, 1.807) is 4.90 Å². The monoisotopic (exact) mass is 371 g/mol. The molecule has 0 spiro atoms. The lowest BCUT2D eigenvalue weighted by Crippen LogP contribution is -2.37. The number of ketones is 1. The third-order valence-corrected chi connectivity index (χ3v) is 6.05. The van der Waals surface area contributed by atoms with Crippen molar-refractivity contribution in [1.82, 2.24) is 4.90 Å². The van der Waals surface area contributed by atoms with Gasteiger partial charge in [0.2, 0.25) is 0 Å². The van der Waals surface area contributed by atoms with Gasteiger partial charge in [-0.1, -0.05) is 18.9 Å². The molecule has 2 aliphatic rings. The molecule has 1 unspecified atom stereocenters. The quantitative estimate of drug-likeness (QED) is 0.498. The van der Waals surface area contributed by atoms with Crippen LogP contribution < -0.4 is 0 Å². The average Bonchev–Trinajstić information content (AvgIpc) is 3.37. The Morgan fingerprint density at radius 3 is 2.42 bits per heavy atom. The number of halogens is 1. The van der Waals surface area contributed by atoms with Crippen LogP contribution in [0.4, 0.5) is 4.39 Å². The highest BCUT2D eigenvalue weighted by molar-refractivity contribution is 7.10. The number of carbonyl (C=O) groups is 2. The molecule has 6 heteroatoms. The van der Waals surface area contributed by atoms with Crippen molar-refractivity contribution in [3.8, 4) is 0 Å². The second-order valence-electron chi connectivity index (χ2n) is 6.67. The minimum absolute atomic E-state index is 0.0112. The van der Waals surface area contributed by atoms with E-state index in [4.69, 9.17) is 0 Å². The Balaban J connectivity index is 1.86. The second-order valence-corrected chi connectivity index (χ2v) is 7.65. The molecule has 26 heavy (non-hydrogen) atoms. The maximum atomic E-state index is 13.2. The van der Waals surface area contributed by atoms with Crippen LogP contribution in [0.3, 0.4) is 0 Å². The first kappa shape index (κ1) is 17.0. The number of aliphatic hydroxyl groups excluding tert-OH is 1. The van der Waals surface area contributed by atoms with E-state index in [0.29, 0.717) is 5.56 Å². The fraction of sp³-hybridized carbons (Fsp3) is 0.300. The number of Topliss-reactive ketones (excluding diaryl/α,β-unsaturated/α-hetero) is 1. The maximum Gasteiger partial charge on any atom is 0.295 e. The van der Waals surface area contributed by atoms with E-state index in [9.17, 15) is 19.1 Å². The average molecular weight is 371 g/mol. The first-order valence-corrected chi connectivity index (χ1v) is 9.55. The van der Waals surface area contributed by atoms with Gasteiger partial charge < -0.3 is 10.0 Å². The van der Waals surface area contributed by atoms with E-state index in [0.717, 1.165) is 30.6 Å². The third kappa shape index (κ3) is 2.74. The molecule has 1 saturated carbocycles. The number of aliphatic hydroxyl groups is 1. The van der Waals surface area contributed by atoms with Crippen LogP contribution in [0, 0.1) is 5.82 Å². The summed E-state index contributed by atoms with van der Waals surface area (Å²) in [5, 5.41) is 12.7. The third-order valence-electron chi connectivity index (χ3n) is 5.13. The van der Waals surface area contributed by atoms with Gasteiger partial charge in [-0.05, 0) is 48.6 Å². The van der Waals surface area contributed by atoms with Crippen molar-refractivity contribution in [2.45, 2.75) is 37.8 Å². The Kier molecular flexibility index (Phi) is 4.36. The molecule has 1 aliphatic heterocycles. The summed E-state index contributed by atoms with van der Waals surface area (Å²) in [6, 6.07) is 8.46. The Morgan fingerprint density at radius 2 is 1.81 bits per heavy atom. The number of benzene rings is 1. The van der Waals surface area contributed by atoms with Crippen LogP contribution in [-0.2, 0) is 9.59 Å². The highest BCUT2D eigenvalue weighted by Gasteiger charge is 2.49. The Labute approximate surface area is 154 Å². The van der Waals surface area contributed by atoms with Gasteiger partial charge in [0, 0.05) is 16.5 Å². The van der Waals surface area contributed by atoms with Gasteiger partial charge in [0.25, 0.3) is 11.7 Å². The van der Waals surface area contributed by atoms with Crippen molar-refractivity contribution in [1.29, 1.82) is 0 Å². The summed E-state index contributed by atoms with van der Waals surface area (Å²) in [7, 11) is 0. The molecule has 1 saturated heterocycles. The molecule has 1 amide bonds. The zero-order valence-corrected chi connectivity index (χ0v) is 14.8. The molecule has 2 fully saturated rings. The van der Waals surface area contributed by atoms with Gasteiger partial charge in [-0.2, -0.15) is 0 Å². The van der Waals surface area contributed by atoms with Crippen molar-refractivity contribution in [2.24, 2.45) is 0 Å². The van der Waals surface area contributed by atoms with E-state index in [-0.39, 0.29) is 17.4 Å². The largest absolute Gasteiger partial charge is 0.507 e. The van der Waals surface area contributed by atoms with E-state index < -0.39 is 23.5 Å². The number of thiophene rings is 1. The number of carbonyl (C=O) groups excluding carboxylic acids is 2. The highest BCUT2D eigenvalue weighted by Crippen LogP contribution is 2.44. The number of nitrogens with zero attached hydrogens (tertiary/aromatic N) is 1. The van der Waals surface area contributed by atoms with E-state index >= 15 is 0 Å². The fourth-order valence-electron chi connectivity index (χ4n) is 3.90. The van der Waals surface area contributed by atoms with Crippen LogP contribution in [0.15, 0.2) is 47.4 Å². The lowest BCUT2D eigenvalue weighted by atomic mass is 9.99. The molecule has 1 aromatic carbocycles. The van der Waals surface area contributed by atoms with Gasteiger partial charge in [-0.3, -0.25) is 9.59 Å². The predicted molar refractivity (Wildman–Crippen MR) is 97.1 cm³/mol. The van der Waals surface area contributed by atoms with Gasteiger partial charge in [0.05, 0.1) is 11.6 Å². The lowest BCUT2D eigenvalue weighted by Gasteiger charge is -2.29. The molecule has 1 N–H and O–H groups in total. The molecule has 0 bridgehead atoms. The number of hydrogen-bond donors (Lipinski definition) is 1. The molecule has 0 radical (unpaired) electrons. The van der Waals surface area contributed by atoms with Crippen LogP contribution in [-0.4, -0.2) is 27.7 Å². The van der Waals surface area contributed by atoms with Crippen LogP contribution in [0.2, 0.25) is 0 Å². The molecule has 1 aliphatic carbocycles. The molecule has 4 rings (SSSR count). The number of hydrogen-bond acceptors (Lipinski definition) is 4. The van der Waals surface area contributed by atoms with Crippen LogP contribution in [0.25, 0.3) is 5.76 Å². The number of likely N-dealkylation sites (tertiary alicyclic amines) is 1. The molecule has 1 atom stereocenters. The molecule has 1 aromatic heterocycles. The standard InChI is InChI=1S/C20H18FNO3S/c21-13-9-7-12(8-10-13)18(23)16-17(15-6-3-11-26-15)22(20(25)19(16)24)14-4-1-2-5-14/h3,6-11,14,17,23H,1-2,4-5H2/b18-16-. The zero-order chi connectivity index (χ0) is 18.3. The van der Waals surface area contributed by atoms with Crippen LogP contribution in [0.1, 0.15) is 42.2 Å². The van der Waals surface area contributed by atoms with Crippen molar-refractivity contribution >= 4 is 28.8 Å².